The van der Waals surface area contributed by atoms with Gasteiger partial charge in [0.2, 0.25) is 0 Å². The fourth-order valence-corrected chi connectivity index (χ4v) is 6.81. The Hall–Kier alpha value is -0.360. The summed E-state index contributed by atoms with van der Waals surface area (Å²) in [7, 11) is 0. The maximum atomic E-state index is 6.49. The molecule has 0 spiro atoms. The number of hydrogen-bond acceptors (Lipinski definition) is 4. The van der Waals surface area contributed by atoms with E-state index in [-0.39, 0.29) is 4.08 Å². The molecule has 1 saturated heterocycles. The highest BCUT2D eigenvalue weighted by Gasteiger charge is 2.36. The van der Waals surface area contributed by atoms with E-state index < -0.39 is 0 Å². The van der Waals surface area contributed by atoms with Gasteiger partial charge >= 0.3 is 0 Å². The summed E-state index contributed by atoms with van der Waals surface area (Å²) in [5.74, 6) is 2.35. The molecule has 0 radical (unpaired) electrons. The maximum absolute atomic E-state index is 6.49. The molecule has 0 bridgehead atoms. The summed E-state index contributed by atoms with van der Waals surface area (Å²) < 4.78 is 1.91. The predicted molar refractivity (Wildman–Crippen MR) is 96.9 cm³/mol. The zero-order valence-electron chi connectivity index (χ0n) is 12.0. The highest BCUT2D eigenvalue weighted by molar-refractivity contribution is 8.18. The first kappa shape index (κ1) is 16.5. The van der Waals surface area contributed by atoms with Crippen molar-refractivity contribution >= 4 is 46.7 Å². The first-order valence-electron chi connectivity index (χ1n) is 7.25. The van der Waals surface area contributed by atoms with Crippen LogP contribution in [0.4, 0.5) is 0 Å². The number of rotatable bonds is 5. The lowest BCUT2D eigenvalue weighted by molar-refractivity contribution is 0.542. The molecule has 0 unspecified atom stereocenters. The van der Waals surface area contributed by atoms with Gasteiger partial charge in [-0.3, -0.25) is 4.68 Å². The summed E-state index contributed by atoms with van der Waals surface area (Å²) >= 11 is 16.6. The molecule has 1 aromatic heterocycles. The first-order chi connectivity index (χ1) is 10.7. The molecular weight excluding hydrogens is 357 g/mol. The second-order valence-electron chi connectivity index (χ2n) is 5.19. The maximum Gasteiger partial charge on any atom is 0.137 e. The van der Waals surface area contributed by atoms with Crippen molar-refractivity contribution in [2.24, 2.45) is 0 Å². The summed E-state index contributed by atoms with van der Waals surface area (Å²) in [6.45, 7) is 0.883. The lowest BCUT2D eigenvalue weighted by Crippen LogP contribution is -2.24. The number of aromatic nitrogens is 3. The van der Waals surface area contributed by atoms with Crippen molar-refractivity contribution in [3.05, 3.63) is 46.5 Å². The molecule has 1 aromatic carbocycles. The topological polar surface area (TPSA) is 30.7 Å². The molecule has 1 aliphatic heterocycles. The fourth-order valence-electron chi connectivity index (χ4n) is 2.63. The predicted octanol–water partition coefficient (Wildman–Crippen LogP) is 5.09. The van der Waals surface area contributed by atoms with Gasteiger partial charge in [-0.05, 0) is 48.5 Å². The molecular formula is C15H17Cl2N3S2. The molecule has 0 atom stereocenters. The molecule has 22 heavy (non-hydrogen) atoms. The Morgan fingerprint density at radius 1 is 1.23 bits per heavy atom. The summed E-state index contributed by atoms with van der Waals surface area (Å²) in [6, 6.07) is 5.89. The highest BCUT2D eigenvalue weighted by atomic mass is 35.5. The quantitative estimate of drug-likeness (QED) is 0.730. The average Bonchev–Trinajstić information content (AvgIpc) is 3.01. The van der Waals surface area contributed by atoms with Crippen molar-refractivity contribution in [3.63, 3.8) is 0 Å². The second kappa shape index (κ2) is 7.47. The second-order valence-corrected chi connectivity index (χ2v) is 9.08. The van der Waals surface area contributed by atoms with Gasteiger partial charge in [0.1, 0.15) is 12.7 Å². The Morgan fingerprint density at radius 2 is 2.05 bits per heavy atom. The summed E-state index contributed by atoms with van der Waals surface area (Å²) in [4.78, 5) is 3.99. The number of halogens is 2. The van der Waals surface area contributed by atoms with E-state index in [1.807, 2.05) is 40.3 Å². The molecule has 3 nitrogen and oxygen atoms in total. The number of benzene rings is 1. The third-order valence-electron chi connectivity index (χ3n) is 3.66. The molecule has 0 aliphatic carbocycles. The minimum atomic E-state index is 0.0283. The van der Waals surface area contributed by atoms with E-state index in [9.17, 15) is 0 Å². The van der Waals surface area contributed by atoms with Gasteiger partial charge in [-0.2, -0.15) is 5.10 Å². The van der Waals surface area contributed by atoms with Gasteiger partial charge in [0.05, 0.1) is 4.08 Å². The van der Waals surface area contributed by atoms with Crippen LogP contribution in [0.2, 0.25) is 10.0 Å². The van der Waals surface area contributed by atoms with E-state index >= 15 is 0 Å². The Labute approximate surface area is 149 Å². The van der Waals surface area contributed by atoms with Crippen molar-refractivity contribution in [2.45, 2.75) is 29.9 Å². The standard InChI is InChI=1S/C15H17Cl2N3S2/c16-12-3-4-13(14(17)9-12)15(21-7-2-8-22-15)5-1-6-20-11-18-10-19-20/h3-4,9-11H,1-2,5-8H2. The zero-order chi connectivity index (χ0) is 15.4. The van der Waals surface area contributed by atoms with Gasteiger partial charge < -0.3 is 0 Å². The molecule has 7 heteroatoms. The van der Waals surface area contributed by atoms with E-state index in [0.29, 0.717) is 5.02 Å². The highest BCUT2D eigenvalue weighted by Crippen LogP contribution is 2.55. The van der Waals surface area contributed by atoms with Crippen LogP contribution in [0.1, 0.15) is 24.8 Å². The minimum absolute atomic E-state index is 0.0283. The third-order valence-corrected chi connectivity index (χ3v) is 7.68. The Balaban J connectivity index is 1.78. The Kier molecular flexibility index (Phi) is 5.60. The number of hydrogen-bond donors (Lipinski definition) is 0. The molecule has 1 fully saturated rings. The number of aryl methyl sites for hydroxylation is 1. The van der Waals surface area contributed by atoms with Crippen LogP contribution in [-0.4, -0.2) is 26.3 Å². The summed E-state index contributed by atoms with van der Waals surface area (Å²) in [5, 5.41) is 5.64. The van der Waals surface area contributed by atoms with Gasteiger partial charge in [0, 0.05) is 16.6 Å². The smallest absolute Gasteiger partial charge is 0.137 e. The van der Waals surface area contributed by atoms with Crippen molar-refractivity contribution in [1.29, 1.82) is 0 Å². The molecule has 0 amide bonds. The van der Waals surface area contributed by atoms with Crippen LogP contribution in [-0.2, 0) is 10.6 Å². The lowest BCUT2D eigenvalue weighted by atomic mass is 10.1. The van der Waals surface area contributed by atoms with Crippen molar-refractivity contribution < 1.29 is 0 Å². The Bertz CT molecular complexity index is 613. The van der Waals surface area contributed by atoms with Crippen LogP contribution in [0, 0.1) is 0 Å². The minimum Gasteiger partial charge on any atom is -0.253 e. The van der Waals surface area contributed by atoms with E-state index in [1.165, 1.54) is 23.5 Å². The summed E-state index contributed by atoms with van der Waals surface area (Å²) in [6.07, 6.45) is 6.70. The van der Waals surface area contributed by atoms with Crippen LogP contribution in [0.25, 0.3) is 0 Å². The van der Waals surface area contributed by atoms with Gasteiger partial charge in [0.25, 0.3) is 0 Å². The van der Waals surface area contributed by atoms with Gasteiger partial charge in [-0.1, -0.05) is 29.3 Å². The monoisotopic (exact) mass is 373 g/mol. The lowest BCUT2D eigenvalue weighted by Gasteiger charge is -2.37. The molecule has 0 saturated carbocycles. The van der Waals surface area contributed by atoms with Gasteiger partial charge in [0.15, 0.2) is 0 Å². The Morgan fingerprint density at radius 3 is 2.73 bits per heavy atom. The largest absolute Gasteiger partial charge is 0.253 e. The van der Waals surface area contributed by atoms with E-state index in [0.717, 1.165) is 24.4 Å². The number of thioether (sulfide) groups is 2. The molecule has 118 valence electrons. The number of nitrogens with zero attached hydrogens (tertiary/aromatic N) is 3. The summed E-state index contributed by atoms with van der Waals surface area (Å²) in [5.41, 5.74) is 1.20. The van der Waals surface area contributed by atoms with Crippen molar-refractivity contribution in [1.82, 2.24) is 14.8 Å². The molecule has 3 rings (SSSR count). The molecule has 0 N–H and O–H groups in total. The third kappa shape index (κ3) is 3.75. The van der Waals surface area contributed by atoms with E-state index in [4.69, 9.17) is 23.2 Å². The van der Waals surface area contributed by atoms with Crippen molar-refractivity contribution in [3.8, 4) is 0 Å². The van der Waals surface area contributed by atoms with Gasteiger partial charge in [-0.15, -0.1) is 23.5 Å². The first-order valence-corrected chi connectivity index (χ1v) is 9.98. The fraction of sp³-hybridized carbons (Fsp3) is 0.467. The van der Waals surface area contributed by atoms with Crippen LogP contribution in [0.3, 0.4) is 0 Å². The normalized spacial score (nSPS) is 17.5. The van der Waals surface area contributed by atoms with E-state index in [2.05, 4.69) is 16.1 Å². The molecule has 2 heterocycles. The SMILES string of the molecule is Clc1ccc(C2(CCCn3cncn3)SCCCS2)c(Cl)c1. The molecule has 2 aromatic rings. The van der Waals surface area contributed by atoms with Gasteiger partial charge in [-0.25, -0.2) is 4.98 Å². The van der Waals surface area contributed by atoms with Crippen LogP contribution >= 0.6 is 46.7 Å². The molecule has 1 aliphatic rings. The zero-order valence-corrected chi connectivity index (χ0v) is 15.2. The van der Waals surface area contributed by atoms with Crippen LogP contribution < -0.4 is 0 Å². The van der Waals surface area contributed by atoms with Crippen LogP contribution in [0.5, 0.6) is 0 Å². The average molecular weight is 374 g/mol. The van der Waals surface area contributed by atoms with Crippen LogP contribution in [0.15, 0.2) is 30.9 Å². The van der Waals surface area contributed by atoms with Crippen molar-refractivity contribution in [2.75, 3.05) is 11.5 Å². The van der Waals surface area contributed by atoms with E-state index in [1.54, 1.807) is 12.7 Å².